The van der Waals surface area contributed by atoms with Crippen LogP contribution < -0.4 is 11.1 Å². The Hall–Kier alpha value is -0.610. The van der Waals surface area contributed by atoms with Crippen molar-refractivity contribution in [3.8, 4) is 0 Å². The maximum atomic E-state index is 11.5. The average Bonchev–Trinajstić information content (AvgIpc) is 2.18. The van der Waals surface area contributed by atoms with Crippen molar-refractivity contribution in [2.45, 2.75) is 38.8 Å². The molecule has 1 aliphatic heterocycles. The molecule has 0 aromatic carbocycles. The van der Waals surface area contributed by atoms with E-state index in [-0.39, 0.29) is 11.9 Å². The minimum absolute atomic E-state index is 0.0116. The molecule has 1 saturated heterocycles. The topological polar surface area (TPSA) is 58.4 Å². The van der Waals surface area contributed by atoms with Crippen molar-refractivity contribution in [1.82, 2.24) is 10.2 Å². The number of carbonyl (C=O) groups is 1. The molecule has 1 unspecified atom stereocenters. The third-order valence-electron chi connectivity index (χ3n) is 2.85. The van der Waals surface area contributed by atoms with E-state index in [0.29, 0.717) is 12.6 Å². The largest absolute Gasteiger partial charge is 0.355 e. The molecule has 0 aliphatic carbocycles. The van der Waals surface area contributed by atoms with Crippen LogP contribution in [0.3, 0.4) is 0 Å². The van der Waals surface area contributed by atoms with Gasteiger partial charge in [-0.2, -0.15) is 0 Å². The second-order valence-corrected chi connectivity index (χ2v) is 3.94. The Bertz CT molecular complexity index is 188. The normalized spacial score (nSPS) is 21.9. The quantitative estimate of drug-likeness (QED) is 0.669. The summed E-state index contributed by atoms with van der Waals surface area (Å²) in [7, 11) is 0. The first-order chi connectivity index (χ1) is 6.65. The molecular formula is C10H21N3O. The highest BCUT2D eigenvalue weighted by molar-refractivity contribution is 5.81. The number of nitrogens with two attached hydrogens (primary N) is 1. The standard InChI is InChI=1S/C10H21N3O/c1-3-12-10(14)8(2)13-6-4-9(11)5-7-13/h8-9H,3-7,11H2,1-2H3,(H,12,14). The van der Waals surface area contributed by atoms with Gasteiger partial charge in [0.15, 0.2) is 0 Å². The van der Waals surface area contributed by atoms with Crippen LogP contribution in [0.1, 0.15) is 26.7 Å². The summed E-state index contributed by atoms with van der Waals surface area (Å²) in [5, 5.41) is 2.84. The Kier molecular flexibility index (Phi) is 4.35. The molecule has 1 aliphatic rings. The number of carbonyl (C=O) groups excluding carboxylic acids is 1. The number of likely N-dealkylation sites (tertiary alicyclic amines) is 1. The van der Waals surface area contributed by atoms with Crippen molar-refractivity contribution in [1.29, 1.82) is 0 Å². The second kappa shape index (κ2) is 5.32. The third-order valence-corrected chi connectivity index (χ3v) is 2.85. The van der Waals surface area contributed by atoms with Crippen molar-refractivity contribution in [3.05, 3.63) is 0 Å². The van der Waals surface area contributed by atoms with Crippen molar-refractivity contribution < 1.29 is 4.79 Å². The molecule has 1 atom stereocenters. The lowest BCUT2D eigenvalue weighted by Gasteiger charge is -2.33. The van der Waals surface area contributed by atoms with E-state index in [1.807, 2.05) is 13.8 Å². The number of nitrogens with one attached hydrogen (secondary N) is 1. The first-order valence-electron chi connectivity index (χ1n) is 5.42. The van der Waals surface area contributed by atoms with Gasteiger partial charge in [0.1, 0.15) is 0 Å². The lowest BCUT2D eigenvalue weighted by Crippen LogP contribution is -2.50. The molecule has 1 rings (SSSR count). The molecule has 3 N–H and O–H groups in total. The molecule has 0 spiro atoms. The van der Waals surface area contributed by atoms with E-state index < -0.39 is 0 Å². The molecule has 0 aromatic heterocycles. The first kappa shape index (κ1) is 11.5. The molecule has 0 radical (unpaired) electrons. The van der Waals surface area contributed by atoms with Gasteiger partial charge in [0, 0.05) is 25.7 Å². The van der Waals surface area contributed by atoms with Gasteiger partial charge in [0.05, 0.1) is 6.04 Å². The third kappa shape index (κ3) is 2.96. The zero-order valence-corrected chi connectivity index (χ0v) is 9.12. The summed E-state index contributed by atoms with van der Waals surface area (Å²) in [6.07, 6.45) is 2.01. The first-order valence-corrected chi connectivity index (χ1v) is 5.42. The van der Waals surface area contributed by atoms with Crippen molar-refractivity contribution in [2.75, 3.05) is 19.6 Å². The van der Waals surface area contributed by atoms with E-state index >= 15 is 0 Å². The van der Waals surface area contributed by atoms with Gasteiger partial charge in [-0.05, 0) is 26.7 Å². The fraction of sp³-hybridized carbons (Fsp3) is 0.900. The predicted octanol–water partition coefficient (Wildman–Crippen LogP) is -0.0659. The predicted molar refractivity (Wildman–Crippen MR) is 56.9 cm³/mol. The molecule has 82 valence electrons. The highest BCUT2D eigenvalue weighted by Gasteiger charge is 2.24. The molecular weight excluding hydrogens is 178 g/mol. The Morgan fingerprint density at radius 1 is 1.57 bits per heavy atom. The monoisotopic (exact) mass is 199 g/mol. The molecule has 0 saturated carbocycles. The summed E-state index contributed by atoms with van der Waals surface area (Å²) >= 11 is 0. The van der Waals surface area contributed by atoms with Crippen LogP contribution in [0.4, 0.5) is 0 Å². The number of hydrogen-bond donors (Lipinski definition) is 2. The Morgan fingerprint density at radius 2 is 2.14 bits per heavy atom. The highest BCUT2D eigenvalue weighted by atomic mass is 16.2. The van der Waals surface area contributed by atoms with Crippen molar-refractivity contribution in [2.24, 2.45) is 5.73 Å². The summed E-state index contributed by atoms with van der Waals surface area (Å²) in [6, 6.07) is 0.315. The zero-order chi connectivity index (χ0) is 10.6. The molecule has 14 heavy (non-hydrogen) atoms. The van der Waals surface area contributed by atoms with Gasteiger partial charge in [-0.1, -0.05) is 0 Å². The molecule has 4 nitrogen and oxygen atoms in total. The molecule has 1 fully saturated rings. The van der Waals surface area contributed by atoms with Crippen LogP contribution in [0.15, 0.2) is 0 Å². The van der Waals surface area contributed by atoms with E-state index in [4.69, 9.17) is 5.73 Å². The second-order valence-electron chi connectivity index (χ2n) is 3.94. The van der Waals surface area contributed by atoms with Crippen LogP contribution in [0.2, 0.25) is 0 Å². The van der Waals surface area contributed by atoms with Gasteiger partial charge < -0.3 is 11.1 Å². The van der Waals surface area contributed by atoms with Gasteiger partial charge in [0.2, 0.25) is 5.91 Å². The van der Waals surface area contributed by atoms with E-state index in [9.17, 15) is 4.79 Å². The van der Waals surface area contributed by atoms with Gasteiger partial charge in [-0.15, -0.1) is 0 Å². The number of hydrogen-bond acceptors (Lipinski definition) is 3. The molecule has 1 amide bonds. The highest BCUT2D eigenvalue weighted by Crippen LogP contribution is 2.11. The summed E-state index contributed by atoms with van der Waals surface area (Å²) in [6.45, 7) is 6.49. The van der Waals surface area contributed by atoms with E-state index in [2.05, 4.69) is 10.2 Å². The van der Waals surface area contributed by atoms with Gasteiger partial charge >= 0.3 is 0 Å². The minimum Gasteiger partial charge on any atom is -0.355 e. The summed E-state index contributed by atoms with van der Waals surface area (Å²) in [5.74, 6) is 0.128. The lowest BCUT2D eigenvalue weighted by atomic mass is 10.0. The average molecular weight is 199 g/mol. The Labute approximate surface area is 85.8 Å². The SMILES string of the molecule is CCNC(=O)C(C)N1CCC(N)CC1. The number of rotatable bonds is 3. The Balaban J connectivity index is 2.37. The summed E-state index contributed by atoms with van der Waals surface area (Å²) in [5.41, 5.74) is 5.80. The maximum Gasteiger partial charge on any atom is 0.237 e. The van der Waals surface area contributed by atoms with Gasteiger partial charge in [-0.3, -0.25) is 9.69 Å². The van der Waals surface area contributed by atoms with Crippen molar-refractivity contribution in [3.63, 3.8) is 0 Å². The van der Waals surface area contributed by atoms with E-state index in [0.717, 1.165) is 25.9 Å². The lowest BCUT2D eigenvalue weighted by molar-refractivity contribution is -0.126. The number of amides is 1. The fourth-order valence-electron chi connectivity index (χ4n) is 1.79. The summed E-state index contributed by atoms with van der Waals surface area (Å²) in [4.78, 5) is 13.7. The van der Waals surface area contributed by atoms with Crippen LogP contribution >= 0.6 is 0 Å². The van der Waals surface area contributed by atoms with E-state index in [1.165, 1.54) is 0 Å². The van der Waals surface area contributed by atoms with Crippen LogP contribution in [-0.4, -0.2) is 42.5 Å². The van der Waals surface area contributed by atoms with Crippen LogP contribution in [0.5, 0.6) is 0 Å². The fourth-order valence-corrected chi connectivity index (χ4v) is 1.79. The summed E-state index contributed by atoms with van der Waals surface area (Å²) < 4.78 is 0. The molecule has 0 bridgehead atoms. The molecule has 4 heteroatoms. The number of likely N-dealkylation sites (N-methyl/N-ethyl adjacent to an activating group) is 1. The van der Waals surface area contributed by atoms with Gasteiger partial charge in [0.25, 0.3) is 0 Å². The van der Waals surface area contributed by atoms with Gasteiger partial charge in [-0.25, -0.2) is 0 Å². The van der Waals surface area contributed by atoms with Crippen LogP contribution in [0.25, 0.3) is 0 Å². The van der Waals surface area contributed by atoms with Crippen molar-refractivity contribution >= 4 is 5.91 Å². The molecule has 0 aromatic rings. The number of nitrogens with zero attached hydrogens (tertiary/aromatic N) is 1. The Morgan fingerprint density at radius 3 is 2.64 bits per heavy atom. The zero-order valence-electron chi connectivity index (χ0n) is 9.12. The number of piperidine rings is 1. The molecule has 1 heterocycles. The minimum atomic E-state index is -0.0116. The van der Waals surface area contributed by atoms with Crippen LogP contribution in [-0.2, 0) is 4.79 Å². The van der Waals surface area contributed by atoms with Crippen LogP contribution in [0, 0.1) is 0 Å². The van der Waals surface area contributed by atoms with E-state index in [1.54, 1.807) is 0 Å². The maximum absolute atomic E-state index is 11.5. The smallest absolute Gasteiger partial charge is 0.237 e.